The first-order valence-corrected chi connectivity index (χ1v) is 5.43. The van der Waals surface area contributed by atoms with Crippen molar-refractivity contribution in [3.05, 3.63) is 34.9 Å². The molecule has 0 unspecified atom stereocenters. The zero-order valence-corrected chi connectivity index (χ0v) is 9.71. The maximum Gasteiger partial charge on any atom is 0.207 e. The van der Waals surface area contributed by atoms with Gasteiger partial charge in [0.2, 0.25) is 6.41 Å². The van der Waals surface area contributed by atoms with Crippen molar-refractivity contribution in [3.8, 4) is 0 Å². The lowest BCUT2D eigenvalue weighted by atomic mass is 10.00. The minimum absolute atomic E-state index is 0.254. The largest absolute Gasteiger partial charge is 0.356 e. The molecule has 1 rings (SSSR count). The first-order valence-electron chi connectivity index (χ1n) is 5.43. The number of carbonyl (C=O) groups excluding carboxylic acids is 1. The van der Waals surface area contributed by atoms with Crippen molar-refractivity contribution in [2.75, 3.05) is 0 Å². The Labute approximate surface area is 91.7 Å². The molecule has 82 valence electrons. The van der Waals surface area contributed by atoms with Crippen LogP contribution in [0.15, 0.2) is 18.2 Å². The van der Waals surface area contributed by atoms with Crippen LogP contribution in [0.3, 0.4) is 0 Å². The van der Waals surface area contributed by atoms with E-state index in [9.17, 15) is 4.79 Å². The van der Waals surface area contributed by atoms with E-state index in [0.29, 0.717) is 0 Å². The smallest absolute Gasteiger partial charge is 0.207 e. The molecule has 1 atom stereocenters. The average Bonchev–Trinajstić information content (AvgIpc) is 2.23. The van der Waals surface area contributed by atoms with Crippen molar-refractivity contribution in [3.63, 3.8) is 0 Å². The summed E-state index contributed by atoms with van der Waals surface area (Å²) in [6.45, 7) is 6.31. The Bertz CT molecular complexity index is 333. The summed E-state index contributed by atoms with van der Waals surface area (Å²) in [6, 6.07) is 6.73. The number of hydrogen-bond donors (Lipinski definition) is 1. The van der Waals surface area contributed by atoms with Gasteiger partial charge in [0, 0.05) is 6.04 Å². The lowest BCUT2D eigenvalue weighted by Gasteiger charge is -2.14. The molecule has 0 aromatic heterocycles. The van der Waals surface area contributed by atoms with Gasteiger partial charge in [-0.1, -0.05) is 25.1 Å². The summed E-state index contributed by atoms with van der Waals surface area (Å²) in [5.41, 5.74) is 3.92. The van der Waals surface area contributed by atoms with Crippen molar-refractivity contribution in [1.82, 2.24) is 5.32 Å². The summed E-state index contributed by atoms with van der Waals surface area (Å²) in [4.78, 5) is 10.4. The van der Waals surface area contributed by atoms with Gasteiger partial charge >= 0.3 is 0 Å². The van der Waals surface area contributed by atoms with Crippen molar-refractivity contribution in [1.29, 1.82) is 0 Å². The Morgan fingerprint density at radius 3 is 2.60 bits per heavy atom. The SMILES string of the molecule is CC[C@@H](Cc1ccc(C)c(C)c1)NC=O. The van der Waals surface area contributed by atoms with Gasteiger partial charge in [0.25, 0.3) is 0 Å². The van der Waals surface area contributed by atoms with E-state index >= 15 is 0 Å². The summed E-state index contributed by atoms with van der Waals surface area (Å²) in [5, 5.41) is 2.83. The molecule has 0 aliphatic rings. The highest BCUT2D eigenvalue weighted by Crippen LogP contribution is 2.12. The Hall–Kier alpha value is -1.31. The third-order valence-corrected chi connectivity index (χ3v) is 2.85. The van der Waals surface area contributed by atoms with Gasteiger partial charge in [0.05, 0.1) is 0 Å². The summed E-state index contributed by atoms with van der Waals surface area (Å²) in [6.07, 6.45) is 2.66. The van der Waals surface area contributed by atoms with Crippen LogP contribution in [-0.2, 0) is 11.2 Å². The quantitative estimate of drug-likeness (QED) is 0.735. The second-order valence-electron chi connectivity index (χ2n) is 4.01. The molecule has 0 radical (unpaired) electrons. The highest BCUT2D eigenvalue weighted by Gasteiger charge is 2.06. The molecule has 15 heavy (non-hydrogen) atoms. The van der Waals surface area contributed by atoms with Crippen molar-refractivity contribution >= 4 is 6.41 Å². The number of aryl methyl sites for hydroxylation is 2. The third-order valence-electron chi connectivity index (χ3n) is 2.85. The normalized spacial score (nSPS) is 12.2. The van der Waals surface area contributed by atoms with E-state index < -0.39 is 0 Å². The first kappa shape index (κ1) is 11.8. The summed E-state index contributed by atoms with van der Waals surface area (Å²) < 4.78 is 0. The molecule has 2 nitrogen and oxygen atoms in total. The Balaban J connectivity index is 2.70. The van der Waals surface area contributed by atoms with Gasteiger partial charge < -0.3 is 5.32 Å². The Kier molecular flexibility index (Phi) is 4.35. The van der Waals surface area contributed by atoms with E-state index in [1.807, 2.05) is 0 Å². The fourth-order valence-electron chi connectivity index (χ4n) is 1.63. The van der Waals surface area contributed by atoms with Crippen molar-refractivity contribution in [2.24, 2.45) is 0 Å². The topological polar surface area (TPSA) is 29.1 Å². The molecule has 0 saturated carbocycles. The number of amides is 1. The minimum atomic E-state index is 0.254. The average molecular weight is 205 g/mol. The molecule has 1 amide bonds. The van der Waals surface area contributed by atoms with E-state index in [4.69, 9.17) is 0 Å². The molecule has 0 heterocycles. The number of carbonyl (C=O) groups is 1. The molecular formula is C13H19NO. The van der Waals surface area contributed by atoms with Gasteiger partial charge in [-0.15, -0.1) is 0 Å². The molecule has 1 aromatic carbocycles. The molecule has 0 bridgehead atoms. The van der Waals surface area contributed by atoms with E-state index in [1.54, 1.807) is 0 Å². The second kappa shape index (κ2) is 5.54. The fraction of sp³-hybridized carbons (Fsp3) is 0.462. The van der Waals surface area contributed by atoms with Crippen LogP contribution in [0.25, 0.3) is 0 Å². The molecule has 1 aromatic rings. The van der Waals surface area contributed by atoms with Gasteiger partial charge in [-0.25, -0.2) is 0 Å². The number of nitrogens with one attached hydrogen (secondary N) is 1. The molecule has 2 heteroatoms. The molecule has 0 aliphatic carbocycles. The van der Waals surface area contributed by atoms with Crippen LogP contribution in [-0.4, -0.2) is 12.5 Å². The van der Waals surface area contributed by atoms with E-state index in [2.05, 4.69) is 44.3 Å². The van der Waals surface area contributed by atoms with Gasteiger partial charge in [0.1, 0.15) is 0 Å². The number of rotatable bonds is 5. The van der Waals surface area contributed by atoms with Gasteiger partial charge in [-0.05, 0) is 43.4 Å². The number of hydrogen-bond acceptors (Lipinski definition) is 1. The summed E-state index contributed by atoms with van der Waals surface area (Å²) in [7, 11) is 0. The van der Waals surface area contributed by atoms with E-state index in [-0.39, 0.29) is 6.04 Å². The molecule has 1 N–H and O–H groups in total. The van der Waals surface area contributed by atoms with Crippen molar-refractivity contribution < 1.29 is 4.79 Å². The monoisotopic (exact) mass is 205 g/mol. The Morgan fingerprint density at radius 2 is 2.07 bits per heavy atom. The van der Waals surface area contributed by atoms with Crippen LogP contribution in [0.1, 0.15) is 30.0 Å². The molecular weight excluding hydrogens is 186 g/mol. The van der Waals surface area contributed by atoms with Gasteiger partial charge in [-0.3, -0.25) is 4.79 Å². The lowest BCUT2D eigenvalue weighted by molar-refractivity contribution is -0.110. The van der Waals surface area contributed by atoms with Crippen LogP contribution >= 0.6 is 0 Å². The van der Waals surface area contributed by atoms with Crippen LogP contribution in [0.4, 0.5) is 0 Å². The van der Waals surface area contributed by atoms with Gasteiger partial charge in [0.15, 0.2) is 0 Å². The zero-order valence-electron chi connectivity index (χ0n) is 9.71. The molecule has 0 fully saturated rings. The van der Waals surface area contributed by atoms with E-state index in [0.717, 1.165) is 19.3 Å². The predicted octanol–water partition coefficient (Wildman–Crippen LogP) is 2.37. The van der Waals surface area contributed by atoms with Crippen LogP contribution in [0.2, 0.25) is 0 Å². The molecule has 0 aliphatic heterocycles. The Morgan fingerprint density at radius 1 is 1.33 bits per heavy atom. The highest BCUT2D eigenvalue weighted by molar-refractivity contribution is 5.46. The van der Waals surface area contributed by atoms with Crippen LogP contribution < -0.4 is 5.32 Å². The molecule has 0 saturated heterocycles. The highest BCUT2D eigenvalue weighted by atomic mass is 16.1. The van der Waals surface area contributed by atoms with E-state index in [1.165, 1.54) is 16.7 Å². The summed E-state index contributed by atoms with van der Waals surface area (Å²) >= 11 is 0. The maximum atomic E-state index is 10.4. The first-order chi connectivity index (χ1) is 7.17. The lowest BCUT2D eigenvalue weighted by Crippen LogP contribution is -2.29. The molecule has 0 spiro atoms. The summed E-state index contributed by atoms with van der Waals surface area (Å²) in [5.74, 6) is 0. The third kappa shape index (κ3) is 3.39. The fourth-order valence-corrected chi connectivity index (χ4v) is 1.63. The number of benzene rings is 1. The van der Waals surface area contributed by atoms with Crippen LogP contribution in [0, 0.1) is 13.8 Å². The van der Waals surface area contributed by atoms with Crippen molar-refractivity contribution in [2.45, 2.75) is 39.7 Å². The standard InChI is InChI=1S/C13H19NO/c1-4-13(14-9-15)8-12-6-5-10(2)11(3)7-12/h5-7,9,13H,4,8H2,1-3H3,(H,14,15)/t13-/m0/s1. The maximum absolute atomic E-state index is 10.4. The van der Waals surface area contributed by atoms with Crippen LogP contribution in [0.5, 0.6) is 0 Å². The zero-order chi connectivity index (χ0) is 11.3. The van der Waals surface area contributed by atoms with Gasteiger partial charge in [-0.2, -0.15) is 0 Å². The second-order valence-corrected chi connectivity index (χ2v) is 4.01. The predicted molar refractivity (Wildman–Crippen MR) is 62.9 cm³/mol. The minimum Gasteiger partial charge on any atom is -0.356 e.